The molecule has 0 saturated heterocycles. The summed E-state index contributed by atoms with van der Waals surface area (Å²) in [5.41, 5.74) is 0. The van der Waals surface area contributed by atoms with E-state index in [1.165, 1.54) is 13.8 Å². The van der Waals surface area contributed by atoms with E-state index in [0.717, 1.165) is 0 Å². The summed E-state index contributed by atoms with van der Waals surface area (Å²) in [4.78, 5) is 16.6. The first kappa shape index (κ1) is 15.5. The Balaban J connectivity index is 2.93. The molecule has 108 valence electrons. The minimum atomic E-state index is -4.45. The molecule has 5 nitrogen and oxygen atoms in total. The lowest BCUT2D eigenvalue weighted by Crippen LogP contribution is -2.43. The lowest BCUT2D eigenvalue weighted by molar-refractivity contribution is -0.143. The second-order valence-corrected chi connectivity index (χ2v) is 4.84. The van der Waals surface area contributed by atoms with Crippen molar-refractivity contribution in [1.29, 1.82) is 0 Å². The number of nitrogens with one attached hydrogen (secondary N) is 1. The number of alkyl halides is 3. The second kappa shape index (κ2) is 5.58. The summed E-state index contributed by atoms with van der Waals surface area (Å²) in [6.45, 7) is 5.39. The van der Waals surface area contributed by atoms with Crippen LogP contribution in [0.4, 0.5) is 13.2 Å². The zero-order valence-corrected chi connectivity index (χ0v) is 11.2. The van der Waals surface area contributed by atoms with Crippen molar-refractivity contribution in [3.8, 4) is 0 Å². The summed E-state index contributed by atoms with van der Waals surface area (Å²) in [5.74, 6) is -0.569. The molecule has 0 unspecified atom stereocenters. The van der Waals surface area contributed by atoms with Gasteiger partial charge in [0.05, 0.1) is 0 Å². The Bertz CT molecular complexity index is 439. The average molecular weight is 278 g/mol. The van der Waals surface area contributed by atoms with Gasteiger partial charge in [0.1, 0.15) is 12.4 Å². The third kappa shape index (κ3) is 4.22. The Morgan fingerprint density at radius 2 is 1.89 bits per heavy atom. The number of hydrogen-bond acceptors (Lipinski definition) is 3. The van der Waals surface area contributed by atoms with Gasteiger partial charge in [0.2, 0.25) is 5.82 Å². The molecule has 0 aliphatic heterocycles. The van der Waals surface area contributed by atoms with Crippen LogP contribution in [-0.4, -0.2) is 44.8 Å². The van der Waals surface area contributed by atoms with Gasteiger partial charge in [-0.1, -0.05) is 13.8 Å². The number of H-pyrrole nitrogens is 1. The Labute approximate surface area is 109 Å². The first-order valence-corrected chi connectivity index (χ1v) is 5.92. The highest BCUT2D eigenvalue weighted by Crippen LogP contribution is 2.19. The Hall–Kier alpha value is -1.60. The van der Waals surface area contributed by atoms with Crippen molar-refractivity contribution in [3.05, 3.63) is 11.6 Å². The molecule has 0 aliphatic carbocycles. The number of rotatable bonds is 4. The maximum absolute atomic E-state index is 12.4. The predicted molar refractivity (Wildman–Crippen MR) is 62.7 cm³/mol. The Morgan fingerprint density at radius 3 is 2.26 bits per heavy atom. The van der Waals surface area contributed by atoms with E-state index in [-0.39, 0.29) is 11.7 Å². The normalized spacial score (nSPS) is 12.3. The molecule has 1 rings (SSSR count). The van der Waals surface area contributed by atoms with E-state index in [4.69, 9.17) is 0 Å². The van der Waals surface area contributed by atoms with Crippen LogP contribution in [0.1, 0.15) is 50.1 Å². The van der Waals surface area contributed by atoms with E-state index in [1.807, 2.05) is 13.8 Å². The Kier molecular flexibility index (Phi) is 4.54. The van der Waals surface area contributed by atoms with Crippen molar-refractivity contribution in [2.75, 3.05) is 6.54 Å². The van der Waals surface area contributed by atoms with Gasteiger partial charge in [0, 0.05) is 12.0 Å². The maximum atomic E-state index is 12.4. The van der Waals surface area contributed by atoms with Gasteiger partial charge >= 0.3 is 6.18 Å². The topological polar surface area (TPSA) is 61.9 Å². The molecule has 0 fully saturated rings. The molecule has 0 aliphatic rings. The fraction of sp³-hybridized carbons (Fsp3) is 0.727. The number of hydrogen-bond donors (Lipinski definition) is 1. The highest BCUT2D eigenvalue weighted by molar-refractivity contribution is 5.90. The van der Waals surface area contributed by atoms with Gasteiger partial charge in [-0.2, -0.15) is 13.2 Å². The standard InChI is InChI=1S/C11H17F3N4O/c1-6(2)8-15-9(17-16-8)10(19)18(7(3)4)5-11(12,13)14/h6-7H,5H2,1-4H3,(H,15,16,17). The molecule has 0 atom stereocenters. The van der Waals surface area contributed by atoms with Crippen molar-refractivity contribution < 1.29 is 18.0 Å². The van der Waals surface area contributed by atoms with Crippen LogP contribution in [0.3, 0.4) is 0 Å². The summed E-state index contributed by atoms with van der Waals surface area (Å²) in [7, 11) is 0. The van der Waals surface area contributed by atoms with E-state index in [0.29, 0.717) is 10.7 Å². The molecular formula is C11H17F3N4O. The number of aromatic amines is 1. The first-order chi connectivity index (χ1) is 8.61. The quantitative estimate of drug-likeness (QED) is 0.919. The van der Waals surface area contributed by atoms with Crippen LogP contribution in [0.5, 0.6) is 0 Å². The Morgan fingerprint density at radius 1 is 1.32 bits per heavy atom. The minimum Gasteiger partial charge on any atom is -0.324 e. The number of carbonyl (C=O) groups is 1. The third-order valence-electron chi connectivity index (χ3n) is 2.47. The second-order valence-electron chi connectivity index (χ2n) is 4.84. The van der Waals surface area contributed by atoms with Gasteiger partial charge in [-0.15, -0.1) is 5.10 Å². The van der Waals surface area contributed by atoms with E-state index < -0.39 is 24.7 Å². The molecular weight excluding hydrogens is 261 g/mol. The van der Waals surface area contributed by atoms with Crippen LogP contribution in [0.15, 0.2) is 0 Å². The predicted octanol–water partition coefficient (Wildman–Crippen LogP) is 2.34. The van der Waals surface area contributed by atoms with Gasteiger partial charge in [-0.05, 0) is 13.8 Å². The minimum absolute atomic E-state index is 0.0177. The van der Waals surface area contributed by atoms with Crippen molar-refractivity contribution >= 4 is 5.91 Å². The SMILES string of the molecule is CC(C)c1nc(C(=O)N(CC(F)(F)F)C(C)C)n[nH]1. The molecule has 8 heteroatoms. The largest absolute Gasteiger partial charge is 0.406 e. The monoisotopic (exact) mass is 278 g/mol. The summed E-state index contributed by atoms with van der Waals surface area (Å²) >= 11 is 0. The molecule has 0 radical (unpaired) electrons. The van der Waals surface area contributed by atoms with Gasteiger partial charge in [-0.3, -0.25) is 9.89 Å². The van der Waals surface area contributed by atoms with Crippen molar-refractivity contribution in [2.45, 2.75) is 45.8 Å². The summed E-state index contributed by atoms with van der Waals surface area (Å²) in [6, 6.07) is -0.588. The highest BCUT2D eigenvalue weighted by atomic mass is 19.4. The van der Waals surface area contributed by atoms with Crippen LogP contribution < -0.4 is 0 Å². The number of carbonyl (C=O) groups excluding carboxylic acids is 1. The number of amides is 1. The first-order valence-electron chi connectivity index (χ1n) is 5.92. The summed E-state index contributed by atoms with van der Waals surface area (Å²) in [6.07, 6.45) is -4.45. The van der Waals surface area contributed by atoms with Crippen molar-refractivity contribution in [2.24, 2.45) is 0 Å². The molecule has 1 amide bonds. The van der Waals surface area contributed by atoms with Crippen molar-refractivity contribution in [3.63, 3.8) is 0 Å². The molecule has 0 spiro atoms. The number of halogens is 3. The average Bonchev–Trinajstić information content (AvgIpc) is 2.72. The van der Waals surface area contributed by atoms with Gasteiger partial charge < -0.3 is 4.90 Å². The van der Waals surface area contributed by atoms with Crippen LogP contribution >= 0.6 is 0 Å². The van der Waals surface area contributed by atoms with E-state index in [9.17, 15) is 18.0 Å². The van der Waals surface area contributed by atoms with E-state index in [1.54, 1.807) is 0 Å². The molecule has 0 saturated carbocycles. The summed E-state index contributed by atoms with van der Waals surface area (Å²) in [5, 5.41) is 6.23. The molecule has 1 heterocycles. The van der Waals surface area contributed by atoms with Crippen molar-refractivity contribution in [1.82, 2.24) is 20.1 Å². The smallest absolute Gasteiger partial charge is 0.324 e. The molecule has 1 aromatic rings. The number of nitrogens with zero attached hydrogens (tertiary/aromatic N) is 3. The third-order valence-corrected chi connectivity index (χ3v) is 2.47. The van der Waals surface area contributed by atoms with Crippen LogP contribution in [-0.2, 0) is 0 Å². The van der Waals surface area contributed by atoms with Gasteiger partial charge in [0.15, 0.2) is 0 Å². The van der Waals surface area contributed by atoms with E-state index >= 15 is 0 Å². The lowest BCUT2D eigenvalue weighted by Gasteiger charge is -2.26. The van der Waals surface area contributed by atoms with Crippen LogP contribution in [0.25, 0.3) is 0 Å². The molecule has 0 bridgehead atoms. The van der Waals surface area contributed by atoms with Crippen LogP contribution in [0.2, 0.25) is 0 Å². The van der Waals surface area contributed by atoms with Crippen LogP contribution in [0, 0.1) is 0 Å². The highest BCUT2D eigenvalue weighted by Gasteiger charge is 2.35. The number of aromatic nitrogens is 3. The molecule has 1 N–H and O–H groups in total. The maximum Gasteiger partial charge on any atom is 0.406 e. The molecule has 1 aromatic heterocycles. The molecule has 19 heavy (non-hydrogen) atoms. The van der Waals surface area contributed by atoms with Gasteiger partial charge in [-0.25, -0.2) is 4.98 Å². The molecule has 0 aromatic carbocycles. The van der Waals surface area contributed by atoms with Gasteiger partial charge in [0.25, 0.3) is 5.91 Å². The lowest BCUT2D eigenvalue weighted by atomic mass is 10.2. The summed E-state index contributed by atoms with van der Waals surface area (Å²) < 4.78 is 37.3. The zero-order chi connectivity index (χ0) is 14.8. The fourth-order valence-corrected chi connectivity index (χ4v) is 1.44. The fourth-order valence-electron chi connectivity index (χ4n) is 1.44. The zero-order valence-electron chi connectivity index (χ0n) is 11.2. The van der Waals surface area contributed by atoms with E-state index in [2.05, 4.69) is 15.2 Å².